The van der Waals surface area contributed by atoms with Gasteiger partial charge in [0, 0.05) is 29.4 Å². The van der Waals surface area contributed by atoms with E-state index in [1.54, 1.807) is 36.3 Å². The van der Waals surface area contributed by atoms with Crippen LogP contribution in [0, 0.1) is 5.82 Å². The highest BCUT2D eigenvalue weighted by molar-refractivity contribution is 7.99. The largest absolute Gasteiger partial charge is 0.340 e. The van der Waals surface area contributed by atoms with Crippen LogP contribution in [0.25, 0.3) is 11.0 Å². The number of rotatable bonds is 4. The van der Waals surface area contributed by atoms with Crippen molar-refractivity contribution in [2.24, 2.45) is 0 Å². The number of halogens is 1. The molecule has 4 nitrogen and oxygen atoms in total. The first kappa shape index (κ1) is 14.7. The summed E-state index contributed by atoms with van der Waals surface area (Å²) in [5.74, 6) is 0.0589. The van der Waals surface area contributed by atoms with Crippen molar-refractivity contribution < 1.29 is 4.39 Å². The average molecular weight is 314 g/mol. The molecule has 3 aromatic heterocycles. The van der Waals surface area contributed by atoms with Crippen LogP contribution in [0.4, 0.5) is 15.9 Å². The summed E-state index contributed by atoms with van der Waals surface area (Å²) in [6, 6.07) is 8.59. The van der Waals surface area contributed by atoms with Gasteiger partial charge in [-0.15, -0.1) is 11.8 Å². The molecule has 1 N–H and O–H groups in total. The minimum atomic E-state index is -0.390. The molecule has 3 heterocycles. The molecule has 6 heteroatoms. The summed E-state index contributed by atoms with van der Waals surface area (Å²) in [6.07, 6.45) is 3.28. The van der Waals surface area contributed by atoms with Crippen LogP contribution in [-0.2, 0) is 0 Å². The lowest BCUT2D eigenvalue weighted by Gasteiger charge is -2.09. The zero-order chi connectivity index (χ0) is 15.5. The third kappa shape index (κ3) is 3.33. The highest BCUT2D eigenvalue weighted by Gasteiger charge is 2.07. The van der Waals surface area contributed by atoms with Crippen molar-refractivity contribution in [1.82, 2.24) is 15.0 Å². The van der Waals surface area contributed by atoms with Gasteiger partial charge in [-0.2, -0.15) is 0 Å². The third-order valence-corrected chi connectivity index (χ3v) is 3.82. The molecule has 0 fully saturated rings. The first-order valence-electron chi connectivity index (χ1n) is 6.93. The van der Waals surface area contributed by atoms with Gasteiger partial charge in [0.05, 0.1) is 10.5 Å². The highest BCUT2D eigenvalue weighted by atomic mass is 32.2. The number of nitrogens with zero attached hydrogens (tertiary/aromatic N) is 3. The van der Waals surface area contributed by atoms with E-state index in [9.17, 15) is 4.39 Å². The van der Waals surface area contributed by atoms with Crippen LogP contribution in [0.1, 0.15) is 13.8 Å². The van der Waals surface area contributed by atoms with Gasteiger partial charge in [-0.1, -0.05) is 13.8 Å². The summed E-state index contributed by atoms with van der Waals surface area (Å²) in [5.41, 5.74) is 1.63. The van der Waals surface area contributed by atoms with E-state index in [4.69, 9.17) is 0 Å². The number of aromatic nitrogens is 3. The van der Waals surface area contributed by atoms with Crippen molar-refractivity contribution in [3.63, 3.8) is 0 Å². The van der Waals surface area contributed by atoms with E-state index in [1.807, 2.05) is 12.1 Å². The van der Waals surface area contributed by atoms with Gasteiger partial charge in [0.2, 0.25) is 0 Å². The number of fused-ring (bicyclic) bond motifs is 1. The van der Waals surface area contributed by atoms with E-state index in [0.717, 1.165) is 10.7 Å². The first-order chi connectivity index (χ1) is 10.6. The lowest BCUT2D eigenvalue weighted by molar-refractivity contribution is 0.636. The Bertz CT molecular complexity index is 807. The molecule has 0 spiro atoms. The molecule has 3 rings (SSSR count). The third-order valence-electron chi connectivity index (χ3n) is 2.88. The molecular formula is C16H15FN4S. The zero-order valence-corrected chi connectivity index (χ0v) is 13.1. The standard InChI is InChI=1S/C16H15FN4S/c1-10(2)22-15-8-11(5-7-18-15)20-14-9-12(17)16-13(21-14)4-3-6-19-16/h3-10H,1-2H3,(H,18,20,21). The summed E-state index contributed by atoms with van der Waals surface area (Å²) < 4.78 is 14.0. The molecule has 0 aromatic carbocycles. The predicted molar refractivity (Wildman–Crippen MR) is 88.0 cm³/mol. The quantitative estimate of drug-likeness (QED) is 0.723. The molecule has 0 aliphatic carbocycles. The van der Waals surface area contributed by atoms with Gasteiger partial charge in [-0.05, 0) is 24.3 Å². The topological polar surface area (TPSA) is 50.7 Å². The van der Waals surface area contributed by atoms with Crippen molar-refractivity contribution in [3.05, 3.63) is 48.5 Å². The van der Waals surface area contributed by atoms with Crippen molar-refractivity contribution in [2.75, 3.05) is 5.32 Å². The number of nitrogens with one attached hydrogen (secondary N) is 1. The van der Waals surface area contributed by atoms with Crippen molar-refractivity contribution in [3.8, 4) is 0 Å². The van der Waals surface area contributed by atoms with E-state index in [0.29, 0.717) is 16.6 Å². The molecule has 0 saturated heterocycles. The second-order valence-electron chi connectivity index (χ2n) is 5.03. The maximum absolute atomic E-state index is 14.0. The van der Waals surface area contributed by atoms with Gasteiger partial charge in [0.1, 0.15) is 11.3 Å². The molecular weight excluding hydrogens is 299 g/mol. The van der Waals surface area contributed by atoms with E-state index >= 15 is 0 Å². The predicted octanol–water partition coefficient (Wildman–Crippen LogP) is 4.41. The Labute approximate surface area is 132 Å². The minimum Gasteiger partial charge on any atom is -0.340 e. The fourth-order valence-corrected chi connectivity index (χ4v) is 2.83. The van der Waals surface area contributed by atoms with Gasteiger partial charge < -0.3 is 5.32 Å². The van der Waals surface area contributed by atoms with E-state index < -0.39 is 0 Å². The van der Waals surface area contributed by atoms with Gasteiger partial charge in [-0.25, -0.2) is 14.4 Å². The van der Waals surface area contributed by atoms with E-state index in [-0.39, 0.29) is 11.3 Å². The summed E-state index contributed by atoms with van der Waals surface area (Å²) in [6.45, 7) is 4.22. The maximum atomic E-state index is 14.0. The summed E-state index contributed by atoms with van der Waals surface area (Å²) in [7, 11) is 0. The molecule has 0 bridgehead atoms. The monoisotopic (exact) mass is 314 g/mol. The SMILES string of the molecule is CC(C)Sc1cc(Nc2cc(F)c3ncccc3n2)ccn1. The van der Waals surface area contributed by atoms with Crippen molar-refractivity contribution in [1.29, 1.82) is 0 Å². The Hall–Kier alpha value is -2.21. The molecule has 0 aliphatic rings. The Balaban J connectivity index is 1.90. The number of hydrogen-bond acceptors (Lipinski definition) is 5. The maximum Gasteiger partial charge on any atom is 0.154 e. The summed E-state index contributed by atoms with van der Waals surface area (Å²) in [4.78, 5) is 12.7. The average Bonchev–Trinajstić information content (AvgIpc) is 2.47. The normalized spacial score (nSPS) is 11.1. The van der Waals surface area contributed by atoms with Crippen LogP contribution in [0.3, 0.4) is 0 Å². The van der Waals surface area contributed by atoms with Crippen LogP contribution in [-0.4, -0.2) is 20.2 Å². The number of hydrogen-bond donors (Lipinski definition) is 1. The Morgan fingerprint density at radius 1 is 1.14 bits per heavy atom. The molecule has 3 aromatic rings. The molecule has 0 atom stereocenters. The molecule has 0 aliphatic heterocycles. The molecule has 0 unspecified atom stereocenters. The Kier molecular flexibility index (Phi) is 4.20. The smallest absolute Gasteiger partial charge is 0.154 e. The molecule has 0 radical (unpaired) electrons. The Morgan fingerprint density at radius 2 is 2.00 bits per heavy atom. The van der Waals surface area contributed by atoms with E-state index in [1.165, 1.54) is 6.07 Å². The van der Waals surface area contributed by atoms with Gasteiger partial charge in [0.15, 0.2) is 5.82 Å². The second kappa shape index (κ2) is 6.27. The van der Waals surface area contributed by atoms with E-state index in [2.05, 4.69) is 34.1 Å². The van der Waals surface area contributed by atoms with Gasteiger partial charge >= 0.3 is 0 Å². The number of thioether (sulfide) groups is 1. The second-order valence-corrected chi connectivity index (χ2v) is 6.63. The lowest BCUT2D eigenvalue weighted by Crippen LogP contribution is -1.98. The van der Waals surface area contributed by atoms with Gasteiger partial charge in [0.25, 0.3) is 0 Å². The highest BCUT2D eigenvalue weighted by Crippen LogP contribution is 2.25. The van der Waals surface area contributed by atoms with Crippen LogP contribution in [0.2, 0.25) is 0 Å². The Morgan fingerprint density at radius 3 is 2.82 bits per heavy atom. The number of pyridine rings is 3. The fourth-order valence-electron chi connectivity index (χ4n) is 2.03. The van der Waals surface area contributed by atoms with Crippen LogP contribution >= 0.6 is 11.8 Å². The molecule has 22 heavy (non-hydrogen) atoms. The fraction of sp³-hybridized carbons (Fsp3) is 0.188. The zero-order valence-electron chi connectivity index (χ0n) is 12.2. The van der Waals surface area contributed by atoms with Crippen LogP contribution in [0.5, 0.6) is 0 Å². The van der Waals surface area contributed by atoms with Crippen molar-refractivity contribution >= 4 is 34.3 Å². The van der Waals surface area contributed by atoms with Crippen LogP contribution in [0.15, 0.2) is 47.8 Å². The molecule has 0 amide bonds. The summed E-state index contributed by atoms with van der Waals surface area (Å²) >= 11 is 1.67. The summed E-state index contributed by atoms with van der Waals surface area (Å²) in [5, 5.41) is 4.49. The minimum absolute atomic E-state index is 0.277. The molecule has 0 saturated carbocycles. The van der Waals surface area contributed by atoms with Crippen molar-refractivity contribution in [2.45, 2.75) is 24.1 Å². The molecule has 112 valence electrons. The van der Waals surface area contributed by atoms with Gasteiger partial charge in [-0.3, -0.25) is 4.98 Å². The first-order valence-corrected chi connectivity index (χ1v) is 7.81. The lowest BCUT2D eigenvalue weighted by atomic mass is 10.3. The number of anilines is 2. The van der Waals surface area contributed by atoms with Crippen LogP contribution < -0.4 is 5.32 Å².